The molecule has 0 amide bonds. The first kappa shape index (κ1) is 12.6. The lowest BCUT2D eigenvalue weighted by Crippen LogP contribution is -2.02. The van der Waals surface area contributed by atoms with Crippen molar-refractivity contribution in [3.05, 3.63) is 30.3 Å². The van der Waals surface area contributed by atoms with E-state index in [1.807, 2.05) is 6.07 Å². The van der Waals surface area contributed by atoms with Gasteiger partial charge in [-0.15, -0.1) is 0 Å². The summed E-state index contributed by atoms with van der Waals surface area (Å²) in [5.41, 5.74) is 1.12. The molecule has 0 atom stereocenters. The Kier molecular flexibility index (Phi) is 4.60. The number of hydrogen-bond acceptors (Lipinski definition) is 2. The number of nitrogens with zero attached hydrogens (tertiary/aromatic N) is 2. The second kappa shape index (κ2) is 6.20. The van der Waals surface area contributed by atoms with Gasteiger partial charge in [0, 0.05) is 18.1 Å². The summed E-state index contributed by atoms with van der Waals surface area (Å²) in [6.07, 6.45) is 5.05. The fourth-order valence-electron chi connectivity index (χ4n) is 2.10. The molecular formula is C14H22N2S. The van der Waals surface area contributed by atoms with Crippen molar-refractivity contribution in [2.24, 2.45) is 8.73 Å². The lowest BCUT2D eigenvalue weighted by molar-refractivity contribution is 0.813. The highest BCUT2D eigenvalue weighted by Gasteiger charge is 2.14. The van der Waals surface area contributed by atoms with Crippen molar-refractivity contribution in [3.8, 4) is 0 Å². The normalized spacial score (nSPS) is 17.9. The Morgan fingerprint density at radius 1 is 1.12 bits per heavy atom. The second-order valence-electron chi connectivity index (χ2n) is 4.55. The highest BCUT2D eigenvalue weighted by Crippen LogP contribution is 2.23. The van der Waals surface area contributed by atoms with Crippen molar-refractivity contribution in [2.75, 3.05) is 18.1 Å². The number of unbranched alkanes of at least 4 members (excludes halogenated alkanes) is 1. The Bertz CT molecular complexity index is 444. The van der Waals surface area contributed by atoms with Gasteiger partial charge in [0.25, 0.3) is 0 Å². The Morgan fingerprint density at radius 3 is 2.47 bits per heavy atom. The van der Waals surface area contributed by atoms with Gasteiger partial charge in [-0.2, -0.15) is 0 Å². The van der Waals surface area contributed by atoms with Crippen LogP contribution in [0.1, 0.15) is 32.6 Å². The zero-order valence-electron chi connectivity index (χ0n) is 10.6. The molecule has 0 aliphatic carbocycles. The third-order valence-electron chi connectivity index (χ3n) is 3.07. The number of benzene rings is 1. The highest BCUT2D eigenvalue weighted by molar-refractivity contribution is 7.96. The second-order valence-corrected chi connectivity index (χ2v) is 7.41. The Balaban J connectivity index is 2.28. The van der Waals surface area contributed by atoms with Gasteiger partial charge < -0.3 is 0 Å². The van der Waals surface area contributed by atoms with Crippen molar-refractivity contribution in [3.63, 3.8) is 0 Å². The standard InChI is InChI=1S/C14H22N2S/c1-2-3-11-15-17(12-7-8-13-17)16-14-9-5-4-6-10-14/h4-6,9-10H,2-3,7-8,11-13H2,1H3. The minimum Gasteiger partial charge on any atom is -0.254 e. The summed E-state index contributed by atoms with van der Waals surface area (Å²) < 4.78 is 9.93. The van der Waals surface area contributed by atoms with E-state index in [0.717, 1.165) is 12.2 Å². The van der Waals surface area contributed by atoms with E-state index in [-0.39, 0.29) is 0 Å². The van der Waals surface area contributed by atoms with Gasteiger partial charge in [-0.05, 0) is 31.4 Å². The Labute approximate surface area is 105 Å². The molecule has 1 saturated heterocycles. The van der Waals surface area contributed by atoms with Crippen molar-refractivity contribution >= 4 is 15.3 Å². The smallest absolute Gasteiger partial charge is 0.0713 e. The molecule has 1 aromatic rings. The predicted octanol–water partition coefficient (Wildman–Crippen LogP) is 4.43. The molecule has 1 aromatic carbocycles. The van der Waals surface area contributed by atoms with E-state index >= 15 is 0 Å². The predicted molar refractivity (Wildman–Crippen MR) is 77.1 cm³/mol. The molecule has 0 radical (unpaired) electrons. The fourth-order valence-corrected chi connectivity index (χ4v) is 5.11. The maximum Gasteiger partial charge on any atom is 0.0713 e. The third-order valence-corrected chi connectivity index (χ3v) is 6.17. The van der Waals surface area contributed by atoms with Crippen LogP contribution in [0, 0.1) is 0 Å². The summed E-state index contributed by atoms with van der Waals surface area (Å²) >= 11 is 0. The van der Waals surface area contributed by atoms with Crippen LogP contribution in [-0.2, 0) is 9.62 Å². The molecule has 3 heteroatoms. The topological polar surface area (TPSA) is 24.7 Å². The first-order valence-corrected chi connectivity index (χ1v) is 8.49. The molecule has 1 fully saturated rings. The molecular weight excluding hydrogens is 228 g/mol. The van der Waals surface area contributed by atoms with Gasteiger partial charge in [-0.25, -0.2) is 4.36 Å². The summed E-state index contributed by atoms with van der Waals surface area (Å²) in [6, 6.07) is 10.4. The van der Waals surface area contributed by atoms with Crippen molar-refractivity contribution in [2.45, 2.75) is 32.6 Å². The highest BCUT2D eigenvalue weighted by atomic mass is 32.2. The third kappa shape index (κ3) is 3.56. The molecule has 0 bridgehead atoms. The fraction of sp³-hybridized carbons (Fsp3) is 0.571. The molecule has 0 spiro atoms. The van der Waals surface area contributed by atoms with E-state index in [1.165, 1.54) is 37.2 Å². The Hall–Kier alpha value is -0.830. The first-order valence-electron chi connectivity index (χ1n) is 6.60. The average Bonchev–Trinajstić information content (AvgIpc) is 2.80. The monoisotopic (exact) mass is 250 g/mol. The summed E-state index contributed by atoms with van der Waals surface area (Å²) in [4.78, 5) is 0. The van der Waals surface area contributed by atoms with Gasteiger partial charge in [-0.3, -0.25) is 4.36 Å². The van der Waals surface area contributed by atoms with E-state index < -0.39 is 9.62 Å². The summed E-state index contributed by atoms with van der Waals surface area (Å²) in [7, 11) is -1.04. The van der Waals surface area contributed by atoms with Crippen LogP contribution < -0.4 is 0 Å². The number of rotatable bonds is 4. The van der Waals surface area contributed by atoms with E-state index in [9.17, 15) is 0 Å². The van der Waals surface area contributed by atoms with Crippen molar-refractivity contribution < 1.29 is 0 Å². The molecule has 1 heterocycles. The lowest BCUT2D eigenvalue weighted by Gasteiger charge is -2.08. The first-order chi connectivity index (χ1) is 8.35. The molecule has 94 valence electrons. The van der Waals surface area contributed by atoms with Crippen LogP contribution in [0.4, 0.5) is 5.69 Å². The van der Waals surface area contributed by atoms with Crippen LogP contribution in [0.2, 0.25) is 0 Å². The van der Waals surface area contributed by atoms with Crippen molar-refractivity contribution in [1.82, 2.24) is 0 Å². The van der Waals surface area contributed by atoms with Crippen LogP contribution >= 0.6 is 0 Å². The average molecular weight is 250 g/mol. The summed E-state index contributed by atoms with van der Waals surface area (Å²) in [5.74, 6) is 2.43. The minimum absolute atomic E-state index is 1.00. The van der Waals surface area contributed by atoms with E-state index in [4.69, 9.17) is 8.73 Å². The van der Waals surface area contributed by atoms with Gasteiger partial charge in [0.2, 0.25) is 0 Å². The Morgan fingerprint density at radius 2 is 1.82 bits per heavy atom. The molecule has 1 aliphatic rings. The quantitative estimate of drug-likeness (QED) is 0.706. The van der Waals surface area contributed by atoms with Crippen LogP contribution in [0.25, 0.3) is 0 Å². The van der Waals surface area contributed by atoms with Crippen molar-refractivity contribution in [1.29, 1.82) is 0 Å². The van der Waals surface area contributed by atoms with Gasteiger partial charge in [0.15, 0.2) is 0 Å². The van der Waals surface area contributed by atoms with Crippen LogP contribution in [0.3, 0.4) is 0 Å². The molecule has 0 unspecified atom stereocenters. The zero-order valence-corrected chi connectivity index (χ0v) is 11.5. The molecule has 1 aliphatic heterocycles. The summed E-state index contributed by atoms with van der Waals surface area (Å²) in [5, 5.41) is 0. The molecule has 0 saturated carbocycles. The van der Waals surface area contributed by atoms with E-state index in [0.29, 0.717) is 0 Å². The van der Waals surface area contributed by atoms with Crippen LogP contribution in [-0.4, -0.2) is 18.1 Å². The lowest BCUT2D eigenvalue weighted by atomic mass is 10.3. The molecule has 0 aromatic heterocycles. The van der Waals surface area contributed by atoms with Gasteiger partial charge in [0.1, 0.15) is 0 Å². The van der Waals surface area contributed by atoms with Gasteiger partial charge >= 0.3 is 0 Å². The minimum atomic E-state index is -1.04. The summed E-state index contributed by atoms with van der Waals surface area (Å²) in [6.45, 7) is 3.22. The van der Waals surface area contributed by atoms with Crippen LogP contribution in [0.15, 0.2) is 39.1 Å². The molecule has 0 N–H and O–H groups in total. The molecule has 17 heavy (non-hydrogen) atoms. The van der Waals surface area contributed by atoms with E-state index in [2.05, 4.69) is 31.2 Å². The van der Waals surface area contributed by atoms with Gasteiger partial charge in [-0.1, -0.05) is 41.2 Å². The SMILES string of the molecule is CCCCN=S1(=Nc2ccccc2)CCCC1. The molecule has 2 nitrogen and oxygen atoms in total. The molecule has 2 rings (SSSR count). The van der Waals surface area contributed by atoms with Crippen LogP contribution in [0.5, 0.6) is 0 Å². The maximum atomic E-state index is 4.98. The van der Waals surface area contributed by atoms with Gasteiger partial charge in [0.05, 0.1) is 5.69 Å². The van der Waals surface area contributed by atoms with E-state index in [1.54, 1.807) is 0 Å². The zero-order chi connectivity index (χ0) is 12.0. The maximum absolute atomic E-state index is 4.98. The number of hydrogen-bond donors (Lipinski definition) is 0. The largest absolute Gasteiger partial charge is 0.254 e.